The topological polar surface area (TPSA) is 49.8 Å². The molecule has 0 aromatic heterocycles. The zero-order chi connectivity index (χ0) is 14.7. The molecule has 1 N–H and O–H groups in total. The summed E-state index contributed by atoms with van der Waals surface area (Å²) in [5.74, 6) is -0.274. The summed E-state index contributed by atoms with van der Waals surface area (Å²) in [6, 6.07) is 14.6. The molecule has 106 valence electrons. The highest BCUT2D eigenvalue weighted by Crippen LogP contribution is 2.25. The minimum Gasteiger partial charge on any atom is -0.478 e. The van der Waals surface area contributed by atoms with Crippen LogP contribution in [0, 0.1) is 0 Å². The number of rotatable bonds is 4. The van der Waals surface area contributed by atoms with Crippen molar-refractivity contribution in [3.05, 3.63) is 65.7 Å². The Morgan fingerprint density at radius 2 is 1.90 bits per heavy atom. The first-order valence-corrected chi connectivity index (χ1v) is 6.71. The van der Waals surface area contributed by atoms with E-state index in [1.54, 1.807) is 24.3 Å². The zero-order valence-electron chi connectivity index (χ0n) is 11.4. The van der Waals surface area contributed by atoms with Crippen molar-refractivity contribution in [1.82, 2.24) is 0 Å². The number of anilines is 1. The van der Waals surface area contributed by atoms with Crippen molar-refractivity contribution >= 4 is 17.7 Å². The van der Waals surface area contributed by atoms with E-state index in [2.05, 4.69) is 29.2 Å². The van der Waals surface area contributed by atoms with Gasteiger partial charge in [0.25, 0.3) is 0 Å². The van der Waals surface area contributed by atoms with Crippen LogP contribution in [-0.2, 0) is 0 Å². The predicted molar refractivity (Wildman–Crippen MR) is 81.7 cm³/mol. The van der Waals surface area contributed by atoms with Gasteiger partial charge in [-0.15, -0.1) is 0 Å². The molecule has 0 fully saturated rings. The van der Waals surface area contributed by atoms with E-state index in [0.717, 1.165) is 12.2 Å². The molecule has 0 atom stereocenters. The van der Waals surface area contributed by atoms with Crippen LogP contribution in [-0.4, -0.2) is 24.4 Å². The maximum Gasteiger partial charge on any atom is 0.335 e. The number of carbonyl (C=O) groups is 1. The first-order chi connectivity index (χ1) is 10.2. The van der Waals surface area contributed by atoms with E-state index in [0.29, 0.717) is 12.5 Å². The fraction of sp³-hybridized carbons (Fsp3) is 0.118. The van der Waals surface area contributed by atoms with Gasteiger partial charge in [-0.2, -0.15) is 0 Å². The third-order valence-electron chi connectivity index (χ3n) is 3.39. The van der Waals surface area contributed by atoms with E-state index in [1.807, 2.05) is 12.1 Å². The van der Waals surface area contributed by atoms with Gasteiger partial charge in [0.15, 0.2) is 6.73 Å². The third kappa shape index (κ3) is 2.89. The molecule has 0 aliphatic carbocycles. The minimum atomic E-state index is -0.934. The van der Waals surface area contributed by atoms with E-state index in [1.165, 1.54) is 5.56 Å². The van der Waals surface area contributed by atoms with E-state index < -0.39 is 5.97 Å². The summed E-state index contributed by atoms with van der Waals surface area (Å²) in [4.78, 5) is 12.9. The summed E-state index contributed by atoms with van der Waals surface area (Å²) in [6.07, 6.45) is 4.20. The van der Waals surface area contributed by atoms with Crippen molar-refractivity contribution in [1.29, 1.82) is 0 Å². The quantitative estimate of drug-likeness (QED) is 0.934. The minimum absolute atomic E-state index is 0.258. The first-order valence-electron chi connectivity index (χ1n) is 6.71. The molecule has 3 rings (SSSR count). The van der Waals surface area contributed by atoms with Crippen LogP contribution in [0.3, 0.4) is 0 Å². The molecule has 4 nitrogen and oxygen atoms in total. The Morgan fingerprint density at radius 1 is 1.14 bits per heavy atom. The van der Waals surface area contributed by atoms with Crippen LogP contribution >= 0.6 is 0 Å². The van der Waals surface area contributed by atoms with Crippen molar-refractivity contribution in [2.24, 2.45) is 0 Å². The summed E-state index contributed by atoms with van der Waals surface area (Å²) in [7, 11) is 0. The predicted octanol–water partition coefficient (Wildman–Crippen LogP) is 3.25. The second kappa shape index (κ2) is 5.71. The molecule has 1 heterocycles. The molecule has 0 spiro atoms. The Labute approximate surface area is 122 Å². The molecule has 1 aliphatic rings. The maximum atomic E-state index is 10.8. The number of para-hydroxylation sites is 1. The summed E-state index contributed by atoms with van der Waals surface area (Å²) in [6.45, 7) is 1.22. The van der Waals surface area contributed by atoms with Crippen LogP contribution in [0.15, 0.2) is 54.6 Å². The van der Waals surface area contributed by atoms with Crippen molar-refractivity contribution in [2.75, 3.05) is 18.2 Å². The van der Waals surface area contributed by atoms with Crippen LogP contribution in [0.25, 0.3) is 6.08 Å². The van der Waals surface area contributed by atoms with Gasteiger partial charge in [0.05, 0.1) is 5.56 Å². The Bertz CT molecular complexity index is 677. The van der Waals surface area contributed by atoms with Gasteiger partial charge in [-0.3, -0.25) is 0 Å². The number of hydrogen-bond acceptors (Lipinski definition) is 3. The van der Waals surface area contributed by atoms with Gasteiger partial charge in [-0.05, 0) is 35.9 Å². The molecule has 0 radical (unpaired) electrons. The van der Waals surface area contributed by atoms with Crippen LogP contribution in [0.2, 0.25) is 0 Å². The van der Waals surface area contributed by atoms with Crippen LogP contribution in [0.5, 0.6) is 5.75 Å². The molecular formula is C17H15NO3. The van der Waals surface area contributed by atoms with E-state index in [9.17, 15) is 4.79 Å². The summed E-state index contributed by atoms with van der Waals surface area (Å²) in [5.41, 5.74) is 2.57. The molecule has 0 saturated heterocycles. The highest BCUT2D eigenvalue weighted by molar-refractivity contribution is 5.87. The highest BCUT2D eigenvalue weighted by Gasteiger charge is 2.12. The average Bonchev–Trinajstić information content (AvgIpc) is 2.53. The van der Waals surface area contributed by atoms with Crippen LogP contribution in [0.1, 0.15) is 15.9 Å². The Hall–Kier alpha value is -2.75. The third-order valence-corrected chi connectivity index (χ3v) is 3.39. The number of carboxylic acids is 1. The number of fused-ring (bicyclic) bond motifs is 1. The molecular weight excluding hydrogens is 266 g/mol. The van der Waals surface area contributed by atoms with Crippen molar-refractivity contribution < 1.29 is 14.6 Å². The lowest BCUT2D eigenvalue weighted by atomic mass is 10.1. The second-order valence-corrected chi connectivity index (χ2v) is 4.79. The highest BCUT2D eigenvalue weighted by atomic mass is 16.5. The summed E-state index contributed by atoms with van der Waals surface area (Å²) < 4.78 is 5.74. The lowest BCUT2D eigenvalue weighted by molar-refractivity contribution is 0.0697. The molecule has 2 aromatic rings. The molecule has 0 bridgehead atoms. The van der Waals surface area contributed by atoms with E-state index in [4.69, 9.17) is 9.84 Å². The van der Waals surface area contributed by atoms with Crippen molar-refractivity contribution in [2.45, 2.75) is 0 Å². The van der Waals surface area contributed by atoms with Crippen LogP contribution < -0.4 is 9.64 Å². The SMILES string of the molecule is O=C(O)c1ccc(OCN2CC=Cc3ccccc32)cc1. The van der Waals surface area contributed by atoms with E-state index in [-0.39, 0.29) is 5.56 Å². The normalized spacial score (nSPS) is 12.9. The standard InChI is InChI=1S/C17H15NO3/c19-17(20)14-7-9-15(10-8-14)21-12-18-11-3-5-13-4-1-2-6-16(13)18/h1-10H,11-12H2,(H,19,20). The van der Waals surface area contributed by atoms with Gasteiger partial charge in [-0.25, -0.2) is 4.79 Å². The largest absolute Gasteiger partial charge is 0.478 e. The second-order valence-electron chi connectivity index (χ2n) is 4.79. The molecule has 1 aliphatic heterocycles. The lowest BCUT2D eigenvalue weighted by Gasteiger charge is -2.27. The van der Waals surface area contributed by atoms with Gasteiger partial charge in [0, 0.05) is 12.2 Å². The molecule has 0 saturated carbocycles. The van der Waals surface area contributed by atoms with Crippen molar-refractivity contribution in [3.63, 3.8) is 0 Å². The Morgan fingerprint density at radius 3 is 2.67 bits per heavy atom. The summed E-state index contributed by atoms with van der Waals surface area (Å²) >= 11 is 0. The first kappa shape index (κ1) is 13.2. The molecule has 0 unspecified atom stereocenters. The number of benzene rings is 2. The van der Waals surface area contributed by atoms with Crippen molar-refractivity contribution in [3.8, 4) is 5.75 Å². The fourth-order valence-corrected chi connectivity index (χ4v) is 2.29. The van der Waals surface area contributed by atoms with E-state index >= 15 is 0 Å². The Balaban J connectivity index is 1.68. The lowest BCUT2D eigenvalue weighted by Crippen LogP contribution is -2.30. The number of ether oxygens (including phenoxy) is 1. The monoisotopic (exact) mass is 281 g/mol. The number of nitrogens with zero attached hydrogens (tertiary/aromatic N) is 1. The molecule has 21 heavy (non-hydrogen) atoms. The molecule has 4 heteroatoms. The zero-order valence-corrected chi connectivity index (χ0v) is 11.4. The number of hydrogen-bond donors (Lipinski definition) is 1. The van der Waals surface area contributed by atoms with Gasteiger partial charge in [0.2, 0.25) is 0 Å². The maximum absolute atomic E-state index is 10.8. The van der Waals surface area contributed by atoms with Gasteiger partial charge in [0.1, 0.15) is 5.75 Å². The smallest absolute Gasteiger partial charge is 0.335 e. The van der Waals surface area contributed by atoms with Gasteiger partial charge < -0.3 is 14.7 Å². The van der Waals surface area contributed by atoms with Crippen LogP contribution in [0.4, 0.5) is 5.69 Å². The number of carboxylic acid groups (broad SMARTS) is 1. The fourth-order valence-electron chi connectivity index (χ4n) is 2.29. The Kier molecular flexibility index (Phi) is 3.60. The number of aromatic carboxylic acids is 1. The molecule has 2 aromatic carbocycles. The molecule has 0 amide bonds. The van der Waals surface area contributed by atoms with Gasteiger partial charge in [-0.1, -0.05) is 30.4 Å². The summed E-state index contributed by atoms with van der Waals surface area (Å²) in [5, 5.41) is 8.86. The average molecular weight is 281 g/mol. The van der Waals surface area contributed by atoms with Gasteiger partial charge >= 0.3 is 5.97 Å².